The molecule has 122 valence electrons. The third-order valence-corrected chi connectivity index (χ3v) is 4.36. The molecule has 0 saturated carbocycles. The van der Waals surface area contributed by atoms with Gasteiger partial charge in [0, 0.05) is 10.6 Å². The number of methoxy groups -OCH3 is 2. The summed E-state index contributed by atoms with van der Waals surface area (Å²) in [6, 6.07) is 6.99. The molecule has 0 amide bonds. The second-order valence-electron chi connectivity index (χ2n) is 4.52. The van der Waals surface area contributed by atoms with Crippen LogP contribution in [0.2, 0.25) is 5.02 Å². The van der Waals surface area contributed by atoms with Crippen LogP contribution in [0.5, 0.6) is 5.75 Å². The van der Waals surface area contributed by atoms with E-state index in [1.54, 1.807) is 31.4 Å². The Kier molecular flexibility index (Phi) is 5.81. The standard InChI is InChI=1S/C15H15ClN2O3S2/c1-8-6-10(14(19)21-3)13(23-8)18-15(22)17-9-4-5-12(20-2)11(16)7-9/h4-7H,1-3H3,(H2,17,18,22). The van der Waals surface area contributed by atoms with Crippen molar-refractivity contribution in [2.24, 2.45) is 0 Å². The molecule has 0 aliphatic rings. The maximum atomic E-state index is 11.8. The average Bonchev–Trinajstić information content (AvgIpc) is 2.87. The summed E-state index contributed by atoms with van der Waals surface area (Å²) in [7, 11) is 2.89. The van der Waals surface area contributed by atoms with E-state index < -0.39 is 5.97 Å². The predicted molar refractivity (Wildman–Crippen MR) is 98.2 cm³/mol. The van der Waals surface area contributed by atoms with Gasteiger partial charge in [-0.2, -0.15) is 0 Å². The summed E-state index contributed by atoms with van der Waals surface area (Å²) in [5, 5.41) is 7.47. The van der Waals surface area contributed by atoms with Crippen molar-refractivity contribution in [3.05, 3.63) is 39.7 Å². The molecule has 8 heteroatoms. The molecule has 0 saturated heterocycles. The summed E-state index contributed by atoms with van der Waals surface area (Å²) in [4.78, 5) is 12.7. The first kappa shape index (κ1) is 17.5. The van der Waals surface area contributed by atoms with Gasteiger partial charge in [-0.3, -0.25) is 0 Å². The molecule has 0 aliphatic carbocycles. The molecule has 0 radical (unpaired) electrons. The van der Waals surface area contributed by atoms with E-state index in [1.165, 1.54) is 18.4 Å². The quantitative estimate of drug-likeness (QED) is 0.617. The molecule has 0 unspecified atom stereocenters. The van der Waals surface area contributed by atoms with Gasteiger partial charge in [-0.25, -0.2) is 4.79 Å². The van der Waals surface area contributed by atoms with Crippen LogP contribution >= 0.6 is 35.2 Å². The molecule has 23 heavy (non-hydrogen) atoms. The Bertz CT molecular complexity index is 746. The summed E-state index contributed by atoms with van der Waals surface area (Å²) >= 11 is 12.8. The SMILES string of the molecule is COC(=O)c1cc(C)sc1NC(=S)Nc1ccc(OC)c(Cl)c1. The van der Waals surface area contributed by atoms with E-state index in [1.807, 2.05) is 6.92 Å². The number of thiocarbonyl (C=S) groups is 1. The topological polar surface area (TPSA) is 59.6 Å². The maximum Gasteiger partial charge on any atom is 0.340 e. The van der Waals surface area contributed by atoms with Crippen molar-refractivity contribution in [3.63, 3.8) is 0 Å². The first-order chi connectivity index (χ1) is 10.9. The highest BCUT2D eigenvalue weighted by Gasteiger charge is 2.16. The molecule has 0 aliphatic heterocycles. The molecule has 0 fully saturated rings. The number of hydrogen-bond donors (Lipinski definition) is 2. The van der Waals surface area contributed by atoms with Crippen molar-refractivity contribution < 1.29 is 14.3 Å². The molecular formula is C15H15ClN2O3S2. The Balaban J connectivity index is 2.11. The minimum absolute atomic E-state index is 0.346. The van der Waals surface area contributed by atoms with Crippen LogP contribution in [0.4, 0.5) is 10.7 Å². The van der Waals surface area contributed by atoms with Gasteiger partial charge in [-0.1, -0.05) is 11.6 Å². The Morgan fingerprint density at radius 2 is 2.00 bits per heavy atom. The molecule has 0 spiro atoms. The van der Waals surface area contributed by atoms with E-state index in [2.05, 4.69) is 10.6 Å². The number of halogens is 1. The Morgan fingerprint density at radius 3 is 2.61 bits per heavy atom. The van der Waals surface area contributed by atoms with Crippen molar-refractivity contribution in [1.82, 2.24) is 0 Å². The van der Waals surface area contributed by atoms with E-state index in [0.717, 1.165) is 4.88 Å². The smallest absolute Gasteiger partial charge is 0.340 e. The number of aryl methyl sites for hydroxylation is 1. The zero-order valence-electron chi connectivity index (χ0n) is 12.7. The van der Waals surface area contributed by atoms with E-state index in [-0.39, 0.29) is 0 Å². The summed E-state index contributed by atoms with van der Waals surface area (Å²) in [5.74, 6) is 0.171. The van der Waals surface area contributed by atoms with Crippen LogP contribution in [0, 0.1) is 6.92 Å². The van der Waals surface area contributed by atoms with Crippen molar-refractivity contribution in [3.8, 4) is 5.75 Å². The van der Waals surface area contributed by atoms with Crippen LogP contribution in [0.1, 0.15) is 15.2 Å². The van der Waals surface area contributed by atoms with Gasteiger partial charge in [0.2, 0.25) is 0 Å². The van der Waals surface area contributed by atoms with Crippen molar-refractivity contribution in [1.29, 1.82) is 0 Å². The monoisotopic (exact) mass is 370 g/mol. The minimum Gasteiger partial charge on any atom is -0.495 e. The molecule has 2 N–H and O–H groups in total. The molecule has 2 aromatic rings. The van der Waals surface area contributed by atoms with Crippen LogP contribution < -0.4 is 15.4 Å². The maximum absolute atomic E-state index is 11.8. The number of esters is 1. The molecule has 0 atom stereocenters. The van der Waals surface area contributed by atoms with Crippen LogP contribution in [-0.4, -0.2) is 25.3 Å². The highest BCUT2D eigenvalue weighted by atomic mass is 35.5. The second-order valence-corrected chi connectivity index (χ2v) is 6.59. The zero-order valence-corrected chi connectivity index (χ0v) is 15.1. The number of rotatable bonds is 4. The van der Waals surface area contributed by atoms with Gasteiger partial charge in [-0.15, -0.1) is 11.3 Å². The number of thiophene rings is 1. The van der Waals surface area contributed by atoms with Crippen LogP contribution in [0.3, 0.4) is 0 Å². The average molecular weight is 371 g/mol. The second kappa shape index (κ2) is 7.63. The predicted octanol–water partition coefficient (Wildman–Crippen LogP) is 4.31. The van der Waals surface area contributed by atoms with Crippen LogP contribution in [-0.2, 0) is 4.74 Å². The van der Waals surface area contributed by atoms with Crippen LogP contribution in [0.25, 0.3) is 0 Å². The third kappa shape index (κ3) is 4.34. The highest BCUT2D eigenvalue weighted by Crippen LogP contribution is 2.29. The summed E-state index contributed by atoms with van der Waals surface area (Å²) in [5.41, 5.74) is 1.16. The van der Waals surface area contributed by atoms with Crippen LogP contribution in [0.15, 0.2) is 24.3 Å². The summed E-state index contributed by atoms with van der Waals surface area (Å²) in [6.45, 7) is 1.90. The van der Waals surface area contributed by atoms with Gasteiger partial charge in [0.1, 0.15) is 10.8 Å². The fourth-order valence-corrected chi connectivity index (χ4v) is 3.32. The van der Waals surface area contributed by atoms with Crippen molar-refractivity contribution >= 4 is 56.9 Å². The minimum atomic E-state index is -0.410. The lowest BCUT2D eigenvalue weighted by atomic mass is 10.3. The van der Waals surface area contributed by atoms with Gasteiger partial charge in [-0.05, 0) is 43.4 Å². The van der Waals surface area contributed by atoms with Crippen molar-refractivity contribution in [2.75, 3.05) is 24.9 Å². The highest BCUT2D eigenvalue weighted by molar-refractivity contribution is 7.80. The first-order valence-electron chi connectivity index (χ1n) is 6.55. The Morgan fingerprint density at radius 1 is 1.26 bits per heavy atom. The Hall–Kier alpha value is -1.83. The molecule has 1 aromatic heterocycles. The number of carbonyl (C=O) groups is 1. The number of hydrogen-bond acceptors (Lipinski definition) is 5. The number of ether oxygens (including phenoxy) is 2. The first-order valence-corrected chi connectivity index (χ1v) is 8.15. The van der Waals surface area contributed by atoms with Gasteiger partial charge >= 0.3 is 5.97 Å². The van der Waals surface area contributed by atoms with E-state index >= 15 is 0 Å². The molecular weight excluding hydrogens is 356 g/mol. The molecule has 0 bridgehead atoms. The number of nitrogens with one attached hydrogen (secondary N) is 2. The fraction of sp³-hybridized carbons (Fsp3) is 0.200. The Labute approximate surface area is 148 Å². The molecule has 2 rings (SSSR count). The zero-order chi connectivity index (χ0) is 17.0. The van der Waals surface area contributed by atoms with Gasteiger partial charge < -0.3 is 20.1 Å². The number of carbonyl (C=O) groups excluding carboxylic acids is 1. The molecule has 1 aromatic carbocycles. The molecule has 5 nitrogen and oxygen atoms in total. The largest absolute Gasteiger partial charge is 0.495 e. The normalized spacial score (nSPS) is 10.1. The van der Waals surface area contributed by atoms with E-state index in [4.69, 9.17) is 33.3 Å². The lowest BCUT2D eigenvalue weighted by Crippen LogP contribution is -2.19. The number of benzene rings is 1. The summed E-state index contributed by atoms with van der Waals surface area (Å²) in [6.07, 6.45) is 0. The summed E-state index contributed by atoms with van der Waals surface area (Å²) < 4.78 is 9.86. The van der Waals surface area contributed by atoms with Gasteiger partial charge in [0.15, 0.2) is 5.11 Å². The van der Waals surface area contributed by atoms with E-state index in [9.17, 15) is 4.79 Å². The third-order valence-electron chi connectivity index (χ3n) is 2.90. The molecule has 1 heterocycles. The lowest BCUT2D eigenvalue weighted by Gasteiger charge is -2.11. The van der Waals surface area contributed by atoms with E-state index in [0.29, 0.717) is 32.1 Å². The van der Waals surface area contributed by atoms with Gasteiger partial charge in [0.05, 0.1) is 24.8 Å². The fourth-order valence-electron chi connectivity index (χ4n) is 1.88. The lowest BCUT2D eigenvalue weighted by molar-refractivity contribution is 0.0602. The number of anilines is 2. The van der Waals surface area contributed by atoms with Gasteiger partial charge in [0.25, 0.3) is 0 Å². The van der Waals surface area contributed by atoms with Crippen molar-refractivity contribution in [2.45, 2.75) is 6.92 Å².